The molecule has 0 radical (unpaired) electrons. The van der Waals surface area contributed by atoms with Crippen LogP contribution >= 0.6 is 0 Å². The molecular weight excluding hydrogens is 178 g/mol. The molecule has 0 saturated carbocycles. The van der Waals surface area contributed by atoms with E-state index in [1.807, 2.05) is 27.0 Å². The molecule has 0 amide bonds. The second-order valence-corrected chi connectivity index (χ2v) is 3.88. The van der Waals surface area contributed by atoms with Gasteiger partial charge in [-0.1, -0.05) is 0 Å². The van der Waals surface area contributed by atoms with Crippen molar-refractivity contribution in [2.24, 2.45) is 0 Å². The van der Waals surface area contributed by atoms with Gasteiger partial charge in [-0.25, -0.2) is 0 Å². The van der Waals surface area contributed by atoms with E-state index >= 15 is 0 Å². The smallest absolute Gasteiger partial charge is 0.0656 e. The third kappa shape index (κ3) is 2.88. The molecule has 0 aliphatic rings. The quantitative estimate of drug-likeness (QED) is 0.678. The molecule has 0 aromatic carbocycles. The summed E-state index contributed by atoms with van der Waals surface area (Å²) in [6.45, 7) is 3.94. The third-order valence-electron chi connectivity index (χ3n) is 1.90. The van der Waals surface area contributed by atoms with Crippen LogP contribution in [0.25, 0.3) is 0 Å². The van der Waals surface area contributed by atoms with Gasteiger partial charge in [0.25, 0.3) is 0 Å². The van der Waals surface area contributed by atoms with E-state index in [-0.39, 0.29) is 12.1 Å². The van der Waals surface area contributed by atoms with Crippen molar-refractivity contribution in [2.45, 2.75) is 19.4 Å². The molecule has 14 heavy (non-hydrogen) atoms. The first-order chi connectivity index (χ1) is 6.57. The Labute approximate surface area is 84.4 Å². The predicted octanol–water partition coefficient (Wildman–Crippen LogP) is 1.31. The second-order valence-electron chi connectivity index (χ2n) is 3.88. The van der Waals surface area contributed by atoms with Gasteiger partial charge in [-0.15, -0.1) is 0 Å². The van der Waals surface area contributed by atoms with E-state index < -0.39 is 0 Å². The molecule has 0 aliphatic carbocycles. The van der Waals surface area contributed by atoms with Crippen LogP contribution in [-0.4, -0.2) is 29.3 Å². The Morgan fingerprint density at radius 3 is 2.57 bits per heavy atom. The van der Waals surface area contributed by atoms with E-state index in [2.05, 4.69) is 15.6 Å². The van der Waals surface area contributed by atoms with Crippen molar-refractivity contribution in [1.82, 2.24) is 4.98 Å². The van der Waals surface area contributed by atoms with Gasteiger partial charge in [0.15, 0.2) is 0 Å². The van der Waals surface area contributed by atoms with Crippen LogP contribution in [0.1, 0.15) is 13.8 Å². The zero-order chi connectivity index (χ0) is 10.6. The van der Waals surface area contributed by atoms with Crippen LogP contribution in [0.15, 0.2) is 18.5 Å². The molecule has 0 saturated heterocycles. The second kappa shape index (κ2) is 4.28. The predicted molar refractivity (Wildman–Crippen MR) is 58.6 cm³/mol. The fourth-order valence-electron chi connectivity index (χ4n) is 1.08. The zero-order valence-electron chi connectivity index (χ0n) is 8.83. The van der Waals surface area contributed by atoms with Gasteiger partial charge in [-0.05, 0) is 19.9 Å². The summed E-state index contributed by atoms with van der Waals surface area (Å²) in [6, 6.07) is 1.95. The Hall–Kier alpha value is -1.29. The van der Waals surface area contributed by atoms with Gasteiger partial charge in [-0.3, -0.25) is 4.98 Å². The molecule has 0 spiro atoms. The van der Waals surface area contributed by atoms with E-state index in [4.69, 9.17) is 5.11 Å². The molecule has 0 bridgehead atoms. The maximum atomic E-state index is 9.08. The van der Waals surface area contributed by atoms with Crippen molar-refractivity contribution in [3.05, 3.63) is 18.5 Å². The summed E-state index contributed by atoms with van der Waals surface area (Å²) in [5, 5.41) is 15.3. The summed E-state index contributed by atoms with van der Waals surface area (Å²) >= 11 is 0. The van der Waals surface area contributed by atoms with Gasteiger partial charge in [0, 0.05) is 7.05 Å². The Kier molecular flexibility index (Phi) is 3.30. The lowest BCUT2D eigenvalue weighted by Crippen LogP contribution is -2.34. The summed E-state index contributed by atoms with van der Waals surface area (Å²) in [4.78, 5) is 4.07. The van der Waals surface area contributed by atoms with Gasteiger partial charge >= 0.3 is 0 Å². The molecule has 0 atom stereocenters. The highest BCUT2D eigenvalue weighted by Gasteiger charge is 2.15. The molecule has 78 valence electrons. The van der Waals surface area contributed by atoms with Crippen LogP contribution in [0.4, 0.5) is 11.4 Å². The van der Waals surface area contributed by atoms with E-state index in [1.54, 1.807) is 12.4 Å². The van der Waals surface area contributed by atoms with E-state index in [0.717, 1.165) is 11.4 Å². The minimum absolute atomic E-state index is 0.0801. The molecule has 1 aromatic rings. The van der Waals surface area contributed by atoms with Crippen molar-refractivity contribution in [2.75, 3.05) is 24.3 Å². The fraction of sp³-hybridized carbons (Fsp3) is 0.500. The number of nitrogens with one attached hydrogen (secondary N) is 2. The number of hydrogen-bond acceptors (Lipinski definition) is 4. The number of nitrogens with zero attached hydrogens (tertiary/aromatic N) is 1. The van der Waals surface area contributed by atoms with E-state index in [9.17, 15) is 0 Å². The highest BCUT2D eigenvalue weighted by atomic mass is 16.3. The highest BCUT2D eigenvalue weighted by Crippen LogP contribution is 2.16. The maximum Gasteiger partial charge on any atom is 0.0656 e. The Balaban J connectivity index is 2.76. The molecular formula is C10H17N3O. The fourth-order valence-corrected chi connectivity index (χ4v) is 1.08. The molecule has 1 rings (SSSR count). The highest BCUT2D eigenvalue weighted by molar-refractivity contribution is 5.54. The molecule has 4 nitrogen and oxygen atoms in total. The van der Waals surface area contributed by atoms with Gasteiger partial charge in [0.2, 0.25) is 0 Å². The van der Waals surface area contributed by atoms with Crippen LogP contribution in [0, 0.1) is 0 Å². The van der Waals surface area contributed by atoms with E-state index in [1.165, 1.54) is 0 Å². The standard InChI is InChI=1S/C10H17N3O/c1-10(2,7-14)13-9-4-8(11-3)5-12-6-9/h4-6,11,13-14H,7H2,1-3H3. The Morgan fingerprint density at radius 1 is 1.36 bits per heavy atom. The van der Waals surface area contributed by atoms with Crippen LogP contribution in [0.2, 0.25) is 0 Å². The Morgan fingerprint density at radius 2 is 2.00 bits per heavy atom. The molecule has 4 heteroatoms. The SMILES string of the molecule is CNc1cncc(NC(C)(C)CO)c1. The van der Waals surface area contributed by atoms with Gasteiger partial charge in [0.1, 0.15) is 0 Å². The molecule has 1 heterocycles. The average Bonchev–Trinajstić information content (AvgIpc) is 2.17. The summed E-state index contributed by atoms with van der Waals surface area (Å²) < 4.78 is 0. The zero-order valence-corrected chi connectivity index (χ0v) is 8.83. The lowest BCUT2D eigenvalue weighted by molar-refractivity contribution is 0.234. The van der Waals surface area contributed by atoms with Crippen LogP contribution in [0.5, 0.6) is 0 Å². The lowest BCUT2D eigenvalue weighted by Gasteiger charge is -2.24. The van der Waals surface area contributed by atoms with Crippen molar-refractivity contribution in [1.29, 1.82) is 0 Å². The van der Waals surface area contributed by atoms with Crippen LogP contribution in [-0.2, 0) is 0 Å². The number of pyridine rings is 1. The van der Waals surface area contributed by atoms with Crippen molar-refractivity contribution >= 4 is 11.4 Å². The van der Waals surface area contributed by atoms with E-state index in [0.29, 0.717) is 0 Å². The number of aromatic nitrogens is 1. The molecule has 1 aromatic heterocycles. The number of hydrogen-bond donors (Lipinski definition) is 3. The van der Waals surface area contributed by atoms with Crippen molar-refractivity contribution in [3.8, 4) is 0 Å². The van der Waals surface area contributed by atoms with Gasteiger partial charge in [0.05, 0.1) is 35.9 Å². The van der Waals surface area contributed by atoms with Crippen molar-refractivity contribution < 1.29 is 5.11 Å². The van der Waals surface area contributed by atoms with Crippen LogP contribution < -0.4 is 10.6 Å². The number of anilines is 2. The monoisotopic (exact) mass is 195 g/mol. The molecule has 0 aliphatic heterocycles. The molecule has 0 unspecified atom stereocenters. The molecule has 0 fully saturated rings. The minimum Gasteiger partial charge on any atom is -0.394 e. The largest absolute Gasteiger partial charge is 0.394 e. The first-order valence-corrected chi connectivity index (χ1v) is 4.59. The van der Waals surface area contributed by atoms with Crippen molar-refractivity contribution in [3.63, 3.8) is 0 Å². The summed E-state index contributed by atoms with van der Waals surface area (Å²) in [6.07, 6.45) is 3.48. The summed E-state index contributed by atoms with van der Waals surface area (Å²) in [7, 11) is 1.85. The summed E-state index contributed by atoms with van der Waals surface area (Å²) in [5.74, 6) is 0. The third-order valence-corrected chi connectivity index (χ3v) is 1.90. The maximum absolute atomic E-state index is 9.08. The van der Waals surface area contributed by atoms with Gasteiger partial charge in [-0.2, -0.15) is 0 Å². The normalized spacial score (nSPS) is 11.1. The first kappa shape index (κ1) is 10.8. The number of rotatable bonds is 4. The molecule has 3 N–H and O–H groups in total. The number of aliphatic hydroxyl groups is 1. The topological polar surface area (TPSA) is 57.2 Å². The number of aliphatic hydroxyl groups excluding tert-OH is 1. The Bertz CT molecular complexity index is 299. The average molecular weight is 195 g/mol. The first-order valence-electron chi connectivity index (χ1n) is 4.59. The lowest BCUT2D eigenvalue weighted by atomic mass is 10.1. The van der Waals surface area contributed by atoms with Gasteiger partial charge < -0.3 is 15.7 Å². The summed E-state index contributed by atoms with van der Waals surface area (Å²) in [5.41, 5.74) is 1.52. The van der Waals surface area contributed by atoms with Crippen LogP contribution in [0.3, 0.4) is 0 Å². The minimum atomic E-state index is -0.325.